The highest BCUT2D eigenvalue weighted by Crippen LogP contribution is 2.05. The molecular weight excluding hydrogens is 150 g/mol. The second-order valence-electron chi connectivity index (χ2n) is 2.12. The molecule has 0 aliphatic carbocycles. The second-order valence-corrected chi connectivity index (χ2v) is 2.12. The van der Waals surface area contributed by atoms with E-state index in [2.05, 4.69) is 4.98 Å². The van der Waals surface area contributed by atoms with Crippen molar-refractivity contribution in [1.82, 2.24) is 4.98 Å². The molecule has 0 amide bonds. The molecule has 0 radical (unpaired) electrons. The van der Waals surface area contributed by atoms with Gasteiger partial charge in [-0.2, -0.15) is 0 Å². The van der Waals surface area contributed by atoms with Crippen LogP contribution >= 0.6 is 0 Å². The average molecular weight is 158 g/mol. The second kappa shape index (κ2) is 3.39. The van der Waals surface area contributed by atoms with E-state index in [4.69, 9.17) is 5.73 Å². The van der Waals surface area contributed by atoms with Crippen LogP contribution < -0.4 is 5.73 Å². The van der Waals surface area contributed by atoms with Crippen molar-refractivity contribution in [3.63, 3.8) is 0 Å². The van der Waals surface area contributed by atoms with Gasteiger partial charge in [0.25, 0.3) is 0 Å². The van der Waals surface area contributed by atoms with E-state index in [-0.39, 0.29) is 5.69 Å². The summed E-state index contributed by atoms with van der Waals surface area (Å²) in [6.07, 6.45) is 1.32. The smallest absolute Gasteiger partial charge is 0.147 e. The van der Waals surface area contributed by atoms with Crippen molar-refractivity contribution in [3.05, 3.63) is 29.6 Å². The van der Waals surface area contributed by atoms with Gasteiger partial charge in [0, 0.05) is 12.5 Å². The summed E-state index contributed by atoms with van der Waals surface area (Å²) in [4.78, 5) is 3.54. The van der Waals surface area contributed by atoms with Gasteiger partial charge in [0.05, 0.1) is 11.9 Å². The van der Waals surface area contributed by atoms with Crippen molar-refractivity contribution in [2.45, 2.75) is 6.42 Å². The molecule has 0 saturated carbocycles. The molecule has 0 spiro atoms. The Balaban J connectivity index is 2.90. The van der Waals surface area contributed by atoms with Gasteiger partial charge in [0.15, 0.2) is 0 Å². The first-order valence-corrected chi connectivity index (χ1v) is 3.24. The number of halogens is 2. The minimum atomic E-state index is -0.664. The summed E-state index contributed by atoms with van der Waals surface area (Å²) >= 11 is 0. The molecule has 1 aromatic heterocycles. The largest absolute Gasteiger partial charge is 0.330 e. The topological polar surface area (TPSA) is 38.9 Å². The van der Waals surface area contributed by atoms with Gasteiger partial charge in [-0.15, -0.1) is 0 Å². The van der Waals surface area contributed by atoms with E-state index in [1.807, 2.05) is 0 Å². The normalized spacial score (nSPS) is 10.1. The van der Waals surface area contributed by atoms with Crippen molar-refractivity contribution in [2.75, 3.05) is 6.54 Å². The maximum absolute atomic E-state index is 12.7. The molecule has 2 nitrogen and oxygen atoms in total. The predicted octanol–water partition coefficient (Wildman–Crippen LogP) is 0.861. The van der Waals surface area contributed by atoms with E-state index in [0.29, 0.717) is 13.0 Å². The summed E-state index contributed by atoms with van der Waals surface area (Å²) in [6, 6.07) is 0.804. The van der Waals surface area contributed by atoms with Crippen molar-refractivity contribution in [2.24, 2.45) is 5.73 Å². The first-order chi connectivity index (χ1) is 5.24. The highest BCUT2D eigenvalue weighted by atomic mass is 19.1. The molecule has 0 aliphatic heterocycles. The van der Waals surface area contributed by atoms with Gasteiger partial charge in [0.2, 0.25) is 0 Å². The SMILES string of the molecule is NCCc1ncc(F)cc1F. The molecule has 11 heavy (non-hydrogen) atoms. The highest BCUT2D eigenvalue weighted by Gasteiger charge is 2.02. The van der Waals surface area contributed by atoms with Gasteiger partial charge in [-0.25, -0.2) is 8.78 Å². The van der Waals surface area contributed by atoms with Crippen molar-refractivity contribution in [1.29, 1.82) is 0 Å². The number of nitrogens with zero attached hydrogens (tertiary/aromatic N) is 1. The molecule has 0 atom stereocenters. The summed E-state index contributed by atoms with van der Waals surface area (Å²) in [5.41, 5.74) is 5.38. The lowest BCUT2D eigenvalue weighted by atomic mass is 10.2. The summed E-state index contributed by atoms with van der Waals surface area (Å²) in [5.74, 6) is -1.29. The van der Waals surface area contributed by atoms with Gasteiger partial charge in [-0.3, -0.25) is 4.98 Å². The summed E-state index contributed by atoms with van der Waals surface area (Å²) < 4.78 is 24.9. The monoisotopic (exact) mass is 158 g/mol. The van der Waals surface area contributed by atoms with Gasteiger partial charge in [-0.05, 0) is 6.54 Å². The highest BCUT2D eigenvalue weighted by molar-refractivity contribution is 5.08. The Bertz CT molecular complexity index is 250. The molecule has 0 saturated heterocycles. The Labute approximate surface area is 63.1 Å². The molecule has 4 heteroatoms. The van der Waals surface area contributed by atoms with Crippen LogP contribution in [0.25, 0.3) is 0 Å². The first-order valence-electron chi connectivity index (χ1n) is 3.24. The fourth-order valence-corrected chi connectivity index (χ4v) is 0.764. The van der Waals surface area contributed by atoms with Crippen LogP contribution in [0, 0.1) is 11.6 Å². The number of nitrogens with two attached hydrogens (primary N) is 1. The number of rotatable bonds is 2. The molecule has 1 heterocycles. The molecular formula is C7H8F2N2. The van der Waals surface area contributed by atoms with Crippen molar-refractivity contribution < 1.29 is 8.78 Å². The van der Waals surface area contributed by atoms with E-state index < -0.39 is 11.6 Å². The van der Waals surface area contributed by atoms with E-state index in [0.717, 1.165) is 12.3 Å². The van der Waals surface area contributed by atoms with Crippen LogP contribution in [-0.4, -0.2) is 11.5 Å². The maximum Gasteiger partial charge on any atom is 0.147 e. The quantitative estimate of drug-likeness (QED) is 0.693. The lowest BCUT2D eigenvalue weighted by Gasteiger charge is -1.98. The summed E-state index contributed by atoms with van der Waals surface area (Å²) in [6.45, 7) is 0.315. The minimum Gasteiger partial charge on any atom is -0.330 e. The van der Waals surface area contributed by atoms with Gasteiger partial charge >= 0.3 is 0 Å². The number of hydrogen-bond acceptors (Lipinski definition) is 2. The molecule has 0 aromatic carbocycles. The molecule has 1 aromatic rings. The maximum atomic E-state index is 12.7. The fourth-order valence-electron chi connectivity index (χ4n) is 0.764. The minimum absolute atomic E-state index is 0.217. The van der Waals surface area contributed by atoms with E-state index >= 15 is 0 Å². The Morgan fingerprint density at radius 3 is 2.73 bits per heavy atom. The van der Waals surface area contributed by atoms with Crippen molar-refractivity contribution in [3.8, 4) is 0 Å². The summed E-state index contributed by atoms with van der Waals surface area (Å²) in [7, 11) is 0. The fraction of sp³-hybridized carbons (Fsp3) is 0.286. The number of pyridine rings is 1. The zero-order valence-corrected chi connectivity index (χ0v) is 5.85. The van der Waals surface area contributed by atoms with Crippen molar-refractivity contribution >= 4 is 0 Å². The molecule has 0 bridgehead atoms. The van der Waals surface area contributed by atoms with Crippen LogP contribution in [-0.2, 0) is 6.42 Å². The lowest BCUT2D eigenvalue weighted by Crippen LogP contribution is -2.06. The third-order valence-corrected chi connectivity index (χ3v) is 1.27. The standard InChI is InChI=1S/C7H8F2N2/c8-5-3-6(9)7(1-2-10)11-4-5/h3-4H,1-2,10H2. The van der Waals surface area contributed by atoms with E-state index in [9.17, 15) is 8.78 Å². The third-order valence-electron chi connectivity index (χ3n) is 1.27. The Hall–Kier alpha value is -1.03. The van der Waals surface area contributed by atoms with Crippen LogP contribution in [0.15, 0.2) is 12.3 Å². The molecule has 60 valence electrons. The van der Waals surface area contributed by atoms with Gasteiger partial charge in [-0.1, -0.05) is 0 Å². The molecule has 1 rings (SSSR count). The Morgan fingerprint density at radius 2 is 2.18 bits per heavy atom. The lowest BCUT2D eigenvalue weighted by molar-refractivity contribution is 0.558. The number of aromatic nitrogens is 1. The third kappa shape index (κ3) is 1.94. The molecule has 0 unspecified atom stereocenters. The zero-order valence-electron chi connectivity index (χ0n) is 5.85. The van der Waals surface area contributed by atoms with Gasteiger partial charge < -0.3 is 5.73 Å². The average Bonchev–Trinajstić information content (AvgIpc) is 1.95. The van der Waals surface area contributed by atoms with Gasteiger partial charge in [0.1, 0.15) is 11.6 Å². The van der Waals surface area contributed by atoms with E-state index in [1.165, 1.54) is 0 Å². The predicted molar refractivity (Wildman–Crippen MR) is 36.9 cm³/mol. The van der Waals surface area contributed by atoms with E-state index in [1.54, 1.807) is 0 Å². The zero-order chi connectivity index (χ0) is 8.27. The van der Waals surface area contributed by atoms with Crippen LogP contribution in [0.4, 0.5) is 8.78 Å². The Morgan fingerprint density at radius 1 is 1.45 bits per heavy atom. The van der Waals surface area contributed by atoms with Crippen LogP contribution in [0.1, 0.15) is 5.69 Å². The van der Waals surface area contributed by atoms with Crippen LogP contribution in [0.2, 0.25) is 0 Å². The van der Waals surface area contributed by atoms with Crippen LogP contribution in [0.5, 0.6) is 0 Å². The molecule has 0 aliphatic rings. The Kier molecular flexibility index (Phi) is 2.48. The molecule has 2 N–H and O–H groups in total. The van der Waals surface area contributed by atoms with Crippen LogP contribution in [0.3, 0.4) is 0 Å². The first kappa shape index (κ1) is 8.07. The summed E-state index contributed by atoms with van der Waals surface area (Å²) in [5, 5.41) is 0. The number of hydrogen-bond donors (Lipinski definition) is 1. The molecule has 0 fully saturated rings.